The molecule has 2 aromatic carbocycles. The molecule has 1 fully saturated rings. The van der Waals surface area contributed by atoms with E-state index < -0.39 is 15.6 Å². The van der Waals surface area contributed by atoms with E-state index in [4.69, 9.17) is 0 Å². The van der Waals surface area contributed by atoms with Crippen molar-refractivity contribution < 1.29 is 18.3 Å². The van der Waals surface area contributed by atoms with Gasteiger partial charge in [0.1, 0.15) is 0 Å². The van der Waals surface area contributed by atoms with Crippen molar-refractivity contribution >= 4 is 32.5 Å². The van der Waals surface area contributed by atoms with Crippen LogP contribution < -0.4 is 4.90 Å². The van der Waals surface area contributed by atoms with Gasteiger partial charge in [0.25, 0.3) is 0 Å². The summed E-state index contributed by atoms with van der Waals surface area (Å²) in [5, 5.41) is 11.1. The Hall–Kier alpha value is -2.88. The first-order valence-electron chi connectivity index (χ1n) is 12.3. The molecular formula is C27H36N4O4S. The molecule has 3 aromatic rings. The van der Waals surface area contributed by atoms with E-state index in [1.165, 1.54) is 11.9 Å². The largest absolute Gasteiger partial charge is 0.389 e. The summed E-state index contributed by atoms with van der Waals surface area (Å²) in [4.78, 5) is 19.9. The average molecular weight is 513 g/mol. The number of hydrogen-bond donors (Lipinski definition) is 2. The van der Waals surface area contributed by atoms with Gasteiger partial charge >= 0.3 is 0 Å². The Kier molecular flexibility index (Phi) is 7.19. The molecule has 0 radical (unpaired) electrons. The maximum Gasteiger partial charge on any atom is 0.243 e. The van der Waals surface area contributed by atoms with Gasteiger partial charge in [-0.1, -0.05) is 12.1 Å². The van der Waals surface area contributed by atoms with Crippen LogP contribution >= 0.6 is 0 Å². The summed E-state index contributed by atoms with van der Waals surface area (Å²) in [6.07, 6.45) is 2.21. The zero-order chi connectivity index (χ0) is 26.3. The van der Waals surface area contributed by atoms with Crippen LogP contribution in [0.5, 0.6) is 0 Å². The molecule has 8 nitrogen and oxygen atoms in total. The molecule has 0 spiro atoms. The number of H-pyrrole nitrogens is 1. The van der Waals surface area contributed by atoms with Crippen LogP contribution in [0.1, 0.15) is 32.3 Å². The quantitative estimate of drug-likeness (QED) is 0.481. The number of benzene rings is 2. The van der Waals surface area contributed by atoms with Crippen molar-refractivity contribution in [2.24, 2.45) is 0 Å². The molecule has 4 rings (SSSR count). The topological polar surface area (TPSA) is 96.9 Å². The fourth-order valence-electron chi connectivity index (χ4n) is 4.76. The fourth-order valence-corrected chi connectivity index (χ4v) is 5.90. The molecular weight excluding hydrogens is 476 g/mol. The summed E-state index contributed by atoms with van der Waals surface area (Å²) in [5.41, 5.74) is 3.76. The number of aromatic nitrogens is 1. The minimum Gasteiger partial charge on any atom is -0.389 e. The second-order valence-electron chi connectivity index (χ2n) is 10.5. The molecule has 1 amide bonds. The van der Waals surface area contributed by atoms with Crippen molar-refractivity contribution in [3.63, 3.8) is 0 Å². The van der Waals surface area contributed by atoms with Gasteiger partial charge in [0.2, 0.25) is 15.9 Å². The van der Waals surface area contributed by atoms with E-state index in [0.29, 0.717) is 0 Å². The van der Waals surface area contributed by atoms with Gasteiger partial charge in [-0.05, 0) is 69.5 Å². The van der Waals surface area contributed by atoms with E-state index in [1.54, 1.807) is 33.0 Å². The molecule has 1 aromatic heterocycles. The smallest absolute Gasteiger partial charge is 0.243 e. The molecule has 36 heavy (non-hydrogen) atoms. The summed E-state index contributed by atoms with van der Waals surface area (Å²) in [6.45, 7) is 6.90. The van der Waals surface area contributed by atoms with Crippen molar-refractivity contribution in [3.8, 4) is 11.3 Å². The Bertz CT molecular complexity index is 1370. The molecule has 1 saturated heterocycles. The summed E-state index contributed by atoms with van der Waals surface area (Å²) in [5.74, 6) is -0.386. The molecule has 0 bridgehead atoms. The third-order valence-corrected chi connectivity index (χ3v) is 8.40. The van der Waals surface area contributed by atoms with E-state index in [0.717, 1.165) is 63.6 Å². The maximum absolute atomic E-state index is 13.5. The Morgan fingerprint density at radius 2 is 1.78 bits per heavy atom. The number of amides is 1. The van der Waals surface area contributed by atoms with Gasteiger partial charge in [-0.2, -0.15) is 4.31 Å². The SMILES string of the molecule is Cc1ccc2cc(-c3cc(S(=O)(=O)N(C)CC(=O)N(C)CC(C)(C)O)ccc3N3CCCC3)[nH]c2c1. The first kappa shape index (κ1) is 26.2. The van der Waals surface area contributed by atoms with Crippen LogP contribution in [-0.2, 0) is 14.8 Å². The van der Waals surface area contributed by atoms with Crippen LogP contribution in [0, 0.1) is 6.92 Å². The van der Waals surface area contributed by atoms with Crippen molar-refractivity contribution in [3.05, 3.63) is 48.0 Å². The summed E-state index contributed by atoms with van der Waals surface area (Å²) in [7, 11) is -0.963. The number of rotatable bonds is 8. The minimum atomic E-state index is -3.93. The molecule has 0 unspecified atom stereocenters. The number of likely N-dealkylation sites (N-methyl/N-ethyl adjacent to an activating group) is 2. The molecule has 2 heterocycles. The first-order valence-corrected chi connectivity index (χ1v) is 13.7. The van der Waals surface area contributed by atoms with Gasteiger partial charge < -0.3 is 19.9 Å². The lowest BCUT2D eigenvalue weighted by Crippen LogP contribution is -2.44. The predicted molar refractivity (Wildman–Crippen MR) is 144 cm³/mol. The van der Waals surface area contributed by atoms with Gasteiger partial charge in [-0.25, -0.2) is 8.42 Å². The Balaban J connectivity index is 1.69. The Labute approximate surface area is 213 Å². The number of sulfonamides is 1. The van der Waals surface area contributed by atoms with Crippen LogP contribution in [0.15, 0.2) is 47.4 Å². The maximum atomic E-state index is 13.5. The number of nitrogens with one attached hydrogen (secondary N) is 1. The van der Waals surface area contributed by atoms with Gasteiger partial charge in [-0.3, -0.25) is 4.79 Å². The van der Waals surface area contributed by atoms with Crippen molar-refractivity contribution in [2.45, 2.75) is 44.1 Å². The van der Waals surface area contributed by atoms with E-state index in [-0.39, 0.29) is 23.9 Å². The molecule has 9 heteroatoms. The van der Waals surface area contributed by atoms with Crippen LogP contribution in [0.3, 0.4) is 0 Å². The van der Waals surface area contributed by atoms with Crippen LogP contribution in [0.4, 0.5) is 5.69 Å². The number of aryl methyl sites for hydroxylation is 1. The van der Waals surface area contributed by atoms with Crippen LogP contribution in [0.25, 0.3) is 22.2 Å². The molecule has 0 saturated carbocycles. The van der Waals surface area contributed by atoms with E-state index >= 15 is 0 Å². The monoisotopic (exact) mass is 512 g/mol. The highest BCUT2D eigenvalue weighted by Gasteiger charge is 2.28. The Morgan fingerprint density at radius 3 is 2.44 bits per heavy atom. The molecule has 1 aliphatic rings. The number of hydrogen-bond acceptors (Lipinski definition) is 5. The number of anilines is 1. The van der Waals surface area contributed by atoms with Gasteiger partial charge in [-0.15, -0.1) is 0 Å². The van der Waals surface area contributed by atoms with Gasteiger partial charge in [0.05, 0.1) is 17.0 Å². The fraction of sp³-hybridized carbons (Fsp3) is 0.444. The number of fused-ring (bicyclic) bond motifs is 1. The summed E-state index contributed by atoms with van der Waals surface area (Å²) < 4.78 is 28.0. The lowest BCUT2D eigenvalue weighted by Gasteiger charge is -2.27. The number of aliphatic hydroxyl groups is 1. The molecule has 2 N–H and O–H groups in total. The second kappa shape index (κ2) is 9.88. The number of carbonyl (C=O) groups excluding carboxylic acids is 1. The van der Waals surface area contributed by atoms with E-state index in [9.17, 15) is 18.3 Å². The van der Waals surface area contributed by atoms with E-state index in [2.05, 4.69) is 34.1 Å². The van der Waals surface area contributed by atoms with Crippen LogP contribution in [0.2, 0.25) is 0 Å². The van der Waals surface area contributed by atoms with Crippen molar-refractivity contribution in [1.29, 1.82) is 0 Å². The van der Waals surface area contributed by atoms with Crippen LogP contribution in [-0.4, -0.2) is 79.5 Å². The van der Waals surface area contributed by atoms with E-state index in [1.807, 2.05) is 13.0 Å². The predicted octanol–water partition coefficient (Wildman–Crippen LogP) is 3.59. The Morgan fingerprint density at radius 1 is 1.08 bits per heavy atom. The minimum absolute atomic E-state index is 0.105. The molecule has 1 aliphatic heterocycles. The number of nitrogens with zero attached hydrogens (tertiary/aromatic N) is 3. The number of carbonyl (C=O) groups is 1. The third kappa shape index (κ3) is 5.58. The highest BCUT2D eigenvalue weighted by atomic mass is 32.2. The van der Waals surface area contributed by atoms with Gasteiger partial charge in [0, 0.05) is 61.6 Å². The first-order chi connectivity index (χ1) is 16.8. The highest BCUT2D eigenvalue weighted by Crippen LogP contribution is 2.36. The summed E-state index contributed by atoms with van der Waals surface area (Å²) >= 11 is 0. The molecule has 0 aliphatic carbocycles. The summed E-state index contributed by atoms with van der Waals surface area (Å²) in [6, 6.07) is 13.5. The lowest BCUT2D eigenvalue weighted by atomic mass is 10.1. The standard InChI is InChI=1S/C27H36N4O4S/c1-19-8-9-20-15-24(28-23(20)14-19)22-16-21(10-11-25(22)31-12-6-7-13-31)36(34,35)30(5)17-26(32)29(4)18-27(2,3)33/h8-11,14-16,28,33H,6-7,12-13,17-18H2,1-5H3. The zero-order valence-corrected chi connectivity index (χ0v) is 22.5. The zero-order valence-electron chi connectivity index (χ0n) is 21.7. The second-order valence-corrected chi connectivity index (χ2v) is 12.5. The lowest BCUT2D eigenvalue weighted by molar-refractivity contribution is -0.132. The van der Waals surface area contributed by atoms with Crippen molar-refractivity contribution in [2.75, 3.05) is 45.2 Å². The normalized spacial score (nSPS) is 14.7. The van der Waals surface area contributed by atoms with Crippen molar-refractivity contribution in [1.82, 2.24) is 14.2 Å². The highest BCUT2D eigenvalue weighted by molar-refractivity contribution is 7.89. The molecule has 194 valence electrons. The number of aromatic amines is 1. The molecule has 0 atom stereocenters. The average Bonchev–Trinajstić information content (AvgIpc) is 3.47. The third-order valence-electron chi connectivity index (χ3n) is 6.60. The van der Waals surface area contributed by atoms with Gasteiger partial charge in [0.15, 0.2) is 0 Å².